The van der Waals surface area contributed by atoms with Crippen molar-refractivity contribution >= 4 is 17.2 Å². The highest BCUT2D eigenvalue weighted by atomic mass is 32.1. The van der Waals surface area contributed by atoms with Gasteiger partial charge in [0.05, 0.1) is 17.0 Å². The third kappa shape index (κ3) is 4.22. The minimum absolute atomic E-state index is 0.0516. The summed E-state index contributed by atoms with van der Waals surface area (Å²) in [5.41, 5.74) is 6.01. The third-order valence-corrected chi connectivity index (χ3v) is 2.99. The van der Waals surface area contributed by atoms with Gasteiger partial charge in [-0.3, -0.25) is 4.79 Å². The quantitative estimate of drug-likeness (QED) is 0.831. The molecule has 1 aromatic heterocycles. The average Bonchev–Trinajstić information content (AvgIpc) is 2.72. The Labute approximate surface area is 107 Å². The number of carbonyl (C=O) groups is 1. The number of nitrogens with two attached hydrogens (primary N) is 1. The first-order valence-electron chi connectivity index (χ1n) is 5.57. The van der Waals surface area contributed by atoms with E-state index in [-0.39, 0.29) is 5.91 Å². The maximum Gasteiger partial charge on any atom is 0.254 e. The number of hydrogen-bond donors (Lipinski definition) is 1. The highest BCUT2D eigenvalue weighted by Gasteiger charge is 2.13. The first-order chi connectivity index (χ1) is 8.04. The Balaban J connectivity index is 2.72. The van der Waals surface area contributed by atoms with Crippen LogP contribution in [-0.2, 0) is 0 Å². The van der Waals surface area contributed by atoms with Crippen LogP contribution in [0.3, 0.4) is 0 Å². The second kappa shape index (κ2) is 6.43. The second-order valence-electron chi connectivity index (χ2n) is 4.29. The summed E-state index contributed by atoms with van der Waals surface area (Å²) < 4.78 is 0. The van der Waals surface area contributed by atoms with Gasteiger partial charge >= 0.3 is 0 Å². The fraction of sp³-hybridized carbons (Fsp3) is 0.462. The van der Waals surface area contributed by atoms with Crippen LogP contribution >= 0.6 is 11.3 Å². The van der Waals surface area contributed by atoms with Crippen LogP contribution in [0.25, 0.3) is 0 Å². The lowest BCUT2D eigenvalue weighted by molar-refractivity contribution is 0.0779. The summed E-state index contributed by atoms with van der Waals surface area (Å²) in [5, 5.41) is 1.85. The van der Waals surface area contributed by atoms with Crippen LogP contribution in [0.15, 0.2) is 11.4 Å². The van der Waals surface area contributed by atoms with Crippen molar-refractivity contribution in [3.63, 3.8) is 0 Å². The lowest BCUT2D eigenvalue weighted by Gasteiger charge is -2.18. The van der Waals surface area contributed by atoms with Crippen LogP contribution in [0, 0.1) is 17.8 Å². The van der Waals surface area contributed by atoms with E-state index < -0.39 is 0 Å². The third-order valence-electron chi connectivity index (χ3n) is 2.15. The molecule has 0 aromatic carbocycles. The molecule has 1 aromatic rings. The van der Waals surface area contributed by atoms with Gasteiger partial charge in [-0.05, 0) is 12.0 Å². The Morgan fingerprint density at radius 1 is 1.59 bits per heavy atom. The van der Waals surface area contributed by atoms with Crippen LogP contribution in [-0.4, -0.2) is 30.9 Å². The fourth-order valence-corrected chi connectivity index (χ4v) is 2.25. The summed E-state index contributed by atoms with van der Waals surface area (Å²) in [7, 11) is 1.82. The number of amides is 1. The predicted octanol–water partition coefficient (Wildman–Crippen LogP) is 1.79. The fourth-order valence-electron chi connectivity index (χ4n) is 1.50. The Bertz CT molecular complexity index is 440. The van der Waals surface area contributed by atoms with Crippen LogP contribution in [0.2, 0.25) is 0 Å². The van der Waals surface area contributed by atoms with Crippen molar-refractivity contribution in [2.45, 2.75) is 13.8 Å². The second-order valence-corrected chi connectivity index (χ2v) is 5.20. The Morgan fingerprint density at radius 2 is 2.29 bits per heavy atom. The van der Waals surface area contributed by atoms with Gasteiger partial charge in [-0.2, -0.15) is 0 Å². The Hall–Kier alpha value is -1.31. The van der Waals surface area contributed by atoms with Gasteiger partial charge in [0.15, 0.2) is 0 Å². The molecule has 0 saturated carbocycles. The van der Waals surface area contributed by atoms with Crippen LogP contribution < -0.4 is 5.73 Å². The highest BCUT2D eigenvalue weighted by Crippen LogP contribution is 2.15. The highest BCUT2D eigenvalue weighted by molar-refractivity contribution is 7.10. The van der Waals surface area contributed by atoms with Gasteiger partial charge in [0.25, 0.3) is 5.91 Å². The molecule has 1 rings (SSSR count). The topological polar surface area (TPSA) is 46.3 Å². The molecular weight excluding hydrogens is 232 g/mol. The van der Waals surface area contributed by atoms with Crippen LogP contribution in [0.5, 0.6) is 0 Å². The van der Waals surface area contributed by atoms with Crippen molar-refractivity contribution in [3.05, 3.63) is 21.9 Å². The van der Waals surface area contributed by atoms with E-state index >= 15 is 0 Å². The molecule has 1 amide bonds. The number of rotatable bonds is 3. The van der Waals surface area contributed by atoms with E-state index in [0.29, 0.717) is 18.0 Å². The molecule has 0 atom stereocenters. The lowest BCUT2D eigenvalue weighted by Crippen LogP contribution is -2.29. The van der Waals surface area contributed by atoms with Crippen molar-refractivity contribution in [3.8, 4) is 11.8 Å². The molecule has 17 heavy (non-hydrogen) atoms. The minimum Gasteiger partial charge on any atom is -0.341 e. The van der Waals surface area contributed by atoms with Gasteiger partial charge in [-0.1, -0.05) is 25.7 Å². The van der Waals surface area contributed by atoms with E-state index in [0.717, 1.165) is 11.4 Å². The summed E-state index contributed by atoms with van der Waals surface area (Å²) in [4.78, 5) is 14.7. The van der Waals surface area contributed by atoms with Gasteiger partial charge in [-0.25, -0.2) is 0 Å². The van der Waals surface area contributed by atoms with Gasteiger partial charge in [0.1, 0.15) is 0 Å². The molecule has 4 heteroatoms. The maximum atomic E-state index is 12.0. The maximum absolute atomic E-state index is 12.0. The zero-order chi connectivity index (χ0) is 12.8. The van der Waals surface area contributed by atoms with E-state index in [1.165, 1.54) is 11.3 Å². The first-order valence-corrected chi connectivity index (χ1v) is 6.45. The van der Waals surface area contributed by atoms with Gasteiger partial charge in [-0.15, -0.1) is 11.3 Å². The number of nitrogens with zero attached hydrogens (tertiary/aromatic N) is 1. The van der Waals surface area contributed by atoms with E-state index in [4.69, 9.17) is 5.73 Å². The zero-order valence-electron chi connectivity index (χ0n) is 10.5. The van der Waals surface area contributed by atoms with Crippen molar-refractivity contribution in [2.75, 3.05) is 20.1 Å². The molecule has 0 aliphatic heterocycles. The lowest BCUT2D eigenvalue weighted by atomic mass is 10.2. The molecule has 2 N–H and O–H groups in total. The van der Waals surface area contributed by atoms with Crippen molar-refractivity contribution in [1.29, 1.82) is 0 Å². The smallest absolute Gasteiger partial charge is 0.254 e. The average molecular weight is 250 g/mol. The summed E-state index contributed by atoms with van der Waals surface area (Å²) >= 11 is 1.48. The summed E-state index contributed by atoms with van der Waals surface area (Å²) in [6, 6.07) is 1.83. The molecule has 0 unspecified atom stereocenters. The summed E-state index contributed by atoms with van der Waals surface area (Å²) in [6.07, 6.45) is 0. The monoisotopic (exact) mass is 250 g/mol. The largest absolute Gasteiger partial charge is 0.341 e. The molecule has 0 fully saturated rings. The molecule has 3 nitrogen and oxygen atoms in total. The number of hydrogen-bond acceptors (Lipinski definition) is 3. The molecule has 0 bridgehead atoms. The molecular formula is C13H18N2OS. The molecule has 1 heterocycles. The molecule has 92 valence electrons. The van der Waals surface area contributed by atoms with Gasteiger partial charge in [0, 0.05) is 19.0 Å². The first kappa shape index (κ1) is 13.8. The number of carbonyl (C=O) groups excluding carboxylic acids is 1. The summed E-state index contributed by atoms with van der Waals surface area (Å²) in [6.45, 7) is 5.29. The van der Waals surface area contributed by atoms with E-state index in [2.05, 4.69) is 25.7 Å². The minimum atomic E-state index is 0.0516. The number of thiophene rings is 1. The molecule has 0 spiro atoms. The zero-order valence-corrected chi connectivity index (χ0v) is 11.3. The van der Waals surface area contributed by atoms with Crippen molar-refractivity contribution < 1.29 is 4.79 Å². The van der Waals surface area contributed by atoms with Crippen molar-refractivity contribution in [1.82, 2.24) is 4.90 Å². The molecule has 0 radical (unpaired) electrons. The van der Waals surface area contributed by atoms with Crippen LogP contribution in [0.1, 0.15) is 29.1 Å². The standard InChI is InChI=1S/C13H18N2OS/c1-10(2)8-15(3)13(16)11-7-12(17-9-11)5-4-6-14/h7,9-10H,6,8,14H2,1-3H3. The van der Waals surface area contributed by atoms with Crippen LogP contribution in [0.4, 0.5) is 0 Å². The molecule has 0 saturated heterocycles. The van der Waals surface area contributed by atoms with E-state index in [1.54, 1.807) is 4.90 Å². The van der Waals surface area contributed by atoms with Gasteiger partial charge < -0.3 is 10.6 Å². The SMILES string of the molecule is CC(C)CN(C)C(=O)c1csc(C#CCN)c1. The Morgan fingerprint density at radius 3 is 2.88 bits per heavy atom. The van der Waals surface area contributed by atoms with Crippen molar-refractivity contribution in [2.24, 2.45) is 11.7 Å². The predicted molar refractivity (Wildman–Crippen MR) is 72.0 cm³/mol. The Kier molecular flexibility index (Phi) is 5.20. The van der Waals surface area contributed by atoms with Gasteiger partial charge in [0.2, 0.25) is 0 Å². The van der Waals surface area contributed by atoms with E-state index in [1.807, 2.05) is 18.5 Å². The molecule has 0 aliphatic carbocycles. The summed E-state index contributed by atoms with van der Waals surface area (Å²) in [5.74, 6) is 6.24. The van der Waals surface area contributed by atoms with E-state index in [9.17, 15) is 4.79 Å². The normalized spacial score (nSPS) is 9.94. The molecule has 0 aliphatic rings.